The summed E-state index contributed by atoms with van der Waals surface area (Å²) in [5.74, 6) is -1.08. The molecule has 0 unspecified atom stereocenters. The Kier molecular flexibility index (Phi) is 14.4. The molecule has 3 aromatic carbocycles. The number of carbonyl (C=O) groups excluding carboxylic acids is 3. The number of halogens is 3. The highest BCUT2D eigenvalue weighted by Crippen LogP contribution is 2.21. The Morgan fingerprint density at radius 1 is 0.614 bits per heavy atom. The van der Waals surface area contributed by atoms with Crippen molar-refractivity contribution in [3.63, 3.8) is 0 Å². The molecule has 2 aliphatic carbocycles. The number of esters is 2. The van der Waals surface area contributed by atoms with Gasteiger partial charge in [-0.2, -0.15) is 13.2 Å². The Morgan fingerprint density at radius 3 is 1.52 bits per heavy atom. The van der Waals surface area contributed by atoms with Gasteiger partial charge >= 0.3 is 18.1 Å². The largest absolute Gasteiger partial charge is 0.459 e. The van der Waals surface area contributed by atoms with E-state index in [4.69, 9.17) is 4.74 Å². The van der Waals surface area contributed by atoms with Gasteiger partial charge in [-0.1, -0.05) is 80.3 Å². The molecule has 0 aliphatic heterocycles. The fourth-order valence-electron chi connectivity index (χ4n) is 4.89. The highest BCUT2D eigenvalue weighted by Gasteiger charge is 2.29. The summed E-state index contributed by atoms with van der Waals surface area (Å²) in [5.41, 5.74) is 1.53. The first kappa shape index (κ1) is 34.4. The van der Waals surface area contributed by atoms with E-state index in [1.54, 1.807) is 30.3 Å². The summed E-state index contributed by atoms with van der Waals surface area (Å²) < 4.78 is 44.4. The predicted octanol–water partition coefficient (Wildman–Crippen LogP) is 8.33. The van der Waals surface area contributed by atoms with Crippen LogP contribution in [0, 0.1) is 0 Å². The van der Waals surface area contributed by atoms with Crippen molar-refractivity contribution >= 4 is 17.8 Å². The molecule has 5 rings (SSSR count). The Labute approximate surface area is 257 Å². The molecule has 9 heteroatoms. The first-order valence-electron chi connectivity index (χ1n) is 15.1. The minimum absolute atomic E-state index is 0.0718. The van der Waals surface area contributed by atoms with Crippen LogP contribution in [0.3, 0.4) is 0 Å². The van der Waals surface area contributed by atoms with Gasteiger partial charge in [-0.05, 0) is 74.9 Å². The fraction of sp³-hybridized carbons (Fsp3) is 0.400. The molecule has 0 aromatic heterocycles. The third-order valence-electron chi connectivity index (χ3n) is 7.19. The van der Waals surface area contributed by atoms with Crippen molar-refractivity contribution < 1.29 is 37.0 Å². The van der Waals surface area contributed by atoms with Crippen LogP contribution in [0.5, 0.6) is 0 Å². The Morgan fingerprint density at radius 2 is 1.05 bits per heavy atom. The summed E-state index contributed by atoms with van der Waals surface area (Å²) in [6, 6.07) is 26.6. The summed E-state index contributed by atoms with van der Waals surface area (Å²) in [4.78, 5) is 34.5. The Bertz CT molecular complexity index is 1190. The smallest absolute Gasteiger partial charge is 0.422 e. The van der Waals surface area contributed by atoms with Crippen molar-refractivity contribution in [3.8, 4) is 0 Å². The predicted molar refractivity (Wildman–Crippen MR) is 162 cm³/mol. The van der Waals surface area contributed by atoms with Crippen LogP contribution >= 0.6 is 0 Å². The SMILES string of the molecule is O=C(NC1CCCCC1)c1ccccc1.O=C(OC1CCCCC1)c1ccccc1.O=C(OCC(F)(F)F)c1ccccc1. The monoisotopic (exact) mass is 611 g/mol. The summed E-state index contributed by atoms with van der Waals surface area (Å²) in [6.07, 6.45) is 7.46. The van der Waals surface area contributed by atoms with Gasteiger partial charge in [0.15, 0.2) is 6.61 Å². The first-order valence-corrected chi connectivity index (χ1v) is 15.1. The molecule has 0 spiro atoms. The van der Waals surface area contributed by atoms with E-state index in [1.165, 1.54) is 50.7 Å². The van der Waals surface area contributed by atoms with Crippen LogP contribution in [0.25, 0.3) is 0 Å². The third kappa shape index (κ3) is 13.4. The number of benzene rings is 3. The van der Waals surface area contributed by atoms with Gasteiger partial charge in [0.1, 0.15) is 6.10 Å². The topological polar surface area (TPSA) is 81.7 Å². The molecule has 44 heavy (non-hydrogen) atoms. The number of carbonyl (C=O) groups is 3. The van der Waals surface area contributed by atoms with Crippen molar-refractivity contribution in [2.75, 3.05) is 6.61 Å². The van der Waals surface area contributed by atoms with Crippen LogP contribution in [0.15, 0.2) is 91.0 Å². The molecule has 1 N–H and O–H groups in total. The first-order chi connectivity index (χ1) is 21.2. The Hall–Kier alpha value is -4.14. The lowest BCUT2D eigenvalue weighted by atomic mass is 9.95. The van der Waals surface area contributed by atoms with Crippen molar-refractivity contribution in [3.05, 3.63) is 108 Å². The number of rotatable bonds is 6. The highest BCUT2D eigenvalue weighted by atomic mass is 19.4. The van der Waals surface area contributed by atoms with E-state index in [0.717, 1.165) is 31.2 Å². The molecule has 2 saturated carbocycles. The van der Waals surface area contributed by atoms with Crippen LogP contribution in [-0.4, -0.2) is 42.8 Å². The lowest BCUT2D eigenvalue weighted by Crippen LogP contribution is -2.36. The highest BCUT2D eigenvalue weighted by molar-refractivity contribution is 5.94. The number of nitrogens with one attached hydrogen (secondary N) is 1. The maximum atomic E-state index is 11.8. The molecular weight excluding hydrogens is 571 g/mol. The zero-order valence-electron chi connectivity index (χ0n) is 24.8. The molecule has 0 radical (unpaired) electrons. The second-order valence-corrected chi connectivity index (χ2v) is 10.8. The summed E-state index contributed by atoms with van der Waals surface area (Å²) in [5, 5.41) is 3.10. The molecule has 0 saturated heterocycles. The van der Waals surface area contributed by atoms with Gasteiger partial charge in [-0.15, -0.1) is 0 Å². The summed E-state index contributed by atoms with van der Waals surface area (Å²) in [7, 11) is 0. The number of amides is 1. The third-order valence-corrected chi connectivity index (χ3v) is 7.19. The number of alkyl halides is 3. The minimum atomic E-state index is -4.48. The average molecular weight is 612 g/mol. The van der Waals surface area contributed by atoms with E-state index in [-0.39, 0.29) is 23.5 Å². The standard InChI is InChI=1S/C13H17NO.C13H16O2.C9H7F3O2/c15-13(11-7-3-1-4-8-11)14-12-9-5-2-6-10-12;14-13(11-7-3-1-4-8-11)15-12-9-5-2-6-10-12;10-9(11,12)6-14-8(13)7-4-2-1-3-5-7/h1,3-4,7-8,12H,2,5-6,9-10H2,(H,14,15);1,3-4,7-8,12H,2,5-6,9-10H2;1-5H,6H2. The summed E-state index contributed by atoms with van der Waals surface area (Å²) in [6.45, 7) is -1.55. The van der Waals surface area contributed by atoms with Gasteiger partial charge in [0.05, 0.1) is 11.1 Å². The fourth-order valence-corrected chi connectivity index (χ4v) is 4.89. The number of hydrogen-bond donors (Lipinski definition) is 1. The lowest BCUT2D eigenvalue weighted by Gasteiger charge is -2.22. The van der Waals surface area contributed by atoms with Crippen LogP contribution in [0.1, 0.15) is 95.3 Å². The van der Waals surface area contributed by atoms with Gasteiger partial charge < -0.3 is 14.8 Å². The quantitative estimate of drug-likeness (QED) is 0.284. The molecule has 6 nitrogen and oxygen atoms in total. The minimum Gasteiger partial charge on any atom is -0.459 e. The molecule has 0 atom stereocenters. The van der Waals surface area contributed by atoms with E-state index in [1.807, 2.05) is 48.5 Å². The average Bonchev–Trinajstić information content (AvgIpc) is 3.06. The van der Waals surface area contributed by atoms with Crippen LogP contribution in [0.4, 0.5) is 13.2 Å². The van der Waals surface area contributed by atoms with E-state index in [0.29, 0.717) is 11.6 Å². The zero-order valence-corrected chi connectivity index (χ0v) is 24.8. The van der Waals surface area contributed by atoms with E-state index >= 15 is 0 Å². The molecule has 3 aromatic rings. The maximum absolute atomic E-state index is 11.8. The van der Waals surface area contributed by atoms with Crippen molar-refractivity contribution in [1.82, 2.24) is 5.32 Å². The second kappa shape index (κ2) is 18.5. The normalized spacial score (nSPS) is 15.3. The van der Waals surface area contributed by atoms with Gasteiger partial charge in [-0.3, -0.25) is 4.79 Å². The Balaban J connectivity index is 0.000000181. The van der Waals surface area contributed by atoms with Gasteiger partial charge in [0.2, 0.25) is 0 Å². The van der Waals surface area contributed by atoms with Crippen molar-refractivity contribution in [2.24, 2.45) is 0 Å². The van der Waals surface area contributed by atoms with Crippen molar-refractivity contribution in [2.45, 2.75) is 82.5 Å². The molecule has 0 heterocycles. The lowest BCUT2D eigenvalue weighted by molar-refractivity contribution is -0.161. The molecule has 236 valence electrons. The molecule has 2 fully saturated rings. The zero-order chi connectivity index (χ0) is 31.6. The number of hydrogen-bond acceptors (Lipinski definition) is 5. The van der Waals surface area contributed by atoms with E-state index in [2.05, 4.69) is 10.1 Å². The van der Waals surface area contributed by atoms with Crippen LogP contribution in [-0.2, 0) is 9.47 Å². The molecular formula is C35H40F3NO5. The van der Waals surface area contributed by atoms with Gasteiger partial charge in [0.25, 0.3) is 5.91 Å². The van der Waals surface area contributed by atoms with Gasteiger partial charge in [-0.25, -0.2) is 9.59 Å². The summed E-state index contributed by atoms with van der Waals surface area (Å²) >= 11 is 0. The molecule has 1 amide bonds. The second-order valence-electron chi connectivity index (χ2n) is 10.8. The van der Waals surface area contributed by atoms with Crippen LogP contribution in [0.2, 0.25) is 0 Å². The van der Waals surface area contributed by atoms with Crippen molar-refractivity contribution in [1.29, 1.82) is 0 Å². The maximum Gasteiger partial charge on any atom is 0.422 e. The van der Waals surface area contributed by atoms with E-state index in [9.17, 15) is 27.6 Å². The molecule has 2 aliphatic rings. The number of ether oxygens (including phenoxy) is 2. The van der Waals surface area contributed by atoms with Crippen LogP contribution < -0.4 is 5.32 Å². The van der Waals surface area contributed by atoms with Gasteiger partial charge in [0, 0.05) is 11.6 Å². The molecule has 0 bridgehead atoms. The van der Waals surface area contributed by atoms with E-state index < -0.39 is 18.8 Å².